The molecule has 1 N–H and O–H groups in total. The third-order valence-corrected chi connectivity index (χ3v) is 9.30. The number of hydrogen-bond acceptors (Lipinski definition) is 5. The van der Waals surface area contributed by atoms with Crippen LogP contribution in [0.2, 0.25) is 0 Å². The fourth-order valence-electron chi connectivity index (χ4n) is 4.84. The van der Waals surface area contributed by atoms with E-state index < -0.39 is 37.4 Å². The zero-order valence-electron chi connectivity index (χ0n) is 13.9. The predicted octanol–water partition coefficient (Wildman–Crippen LogP) is 0.923. The monoisotopic (exact) mass is 357 g/mol. The normalized spacial score (nSPS) is 42.7. The van der Waals surface area contributed by atoms with Gasteiger partial charge in [0.2, 0.25) is 5.91 Å². The standard InChI is InChI=1S/C16H23NO6S/c1-15(2)11(12(18)19)17-13(20)16(14(17)24(15,21)22)8-10(16)23-9-6-4-3-5-7-9/h9-11,14H,3-8H2,1-2H3,(H,18,19)/t10-,11-,14+,16?/m0/s1. The largest absolute Gasteiger partial charge is 0.480 e. The Morgan fingerprint density at radius 1 is 1.25 bits per heavy atom. The molecule has 1 spiro atoms. The number of aliphatic carboxylic acids is 1. The summed E-state index contributed by atoms with van der Waals surface area (Å²) < 4.78 is 30.4. The van der Waals surface area contributed by atoms with Crippen LogP contribution in [0.4, 0.5) is 0 Å². The number of carbonyl (C=O) groups excluding carboxylic acids is 1. The van der Waals surface area contributed by atoms with Crippen LogP contribution in [-0.2, 0) is 24.2 Å². The van der Waals surface area contributed by atoms with Gasteiger partial charge in [0.15, 0.2) is 15.2 Å². The third kappa shape index (κ3) is 1.73. The Morgan fingerprint density at radius 2 is 1.88 bits per heavy atom. The van der Waals surface area contributed by atoms with Crippen LogP contribution in [0.3, 0.4) is 0 Å². The Hall–Kier alpha value is -1.15. The molecule has 2 aliphatic carbocycles. The van der Waals surface area contributed by atoms with Gasteiger partial charge in [-0.25, -0.2) is 13.2 Å². The number of carbonyl (C=O) groups is 2. The second-order valence-electron chi connectivity index (χ2n) is 8.08. The molecule has 0 bridgehead atoms. The molecule has 0 aromatic carbocycles. The molecule has 4 atom stereocenters. The van der Waals surface area contributed by atoms with Gasteiger partial charge >= 0.3 is 5.97 Å². The highest BCUT2D eigenvalue weighted by Gasteiger charge is 2.86. The number of carboxylic acids is 1. The number of rotatable bonds is 3. The van der Waals surface area contributed by atoms with Crippen molar-refractivity contribution in [3.63, 3.8) is 0 Å². The van der Waals surface area contributed by atoms with Gasteiger partial charge in [-0.15, -0.1) is 0 Å². The molecule has 2 aliphatic heterocycles. The van der Waals surface area contributed by atoms with E-state index in [4.69, 9.17) is 4.74 Å². The molecule has 134 valence electrons. The predicted molar refractivity (Wildman–Crippen MR) is 83.9 cm³/mol. The second-order valence-corrected chi connectivity index (χ2v) is 10.7. The zero-order valence-corrected chi connectivity index (χ0v) is 14.7. The molecule has 0 aromatic rings. The quantitative estimate of drug-likeness (QED) is 0.754. The third-order valence-electron chi connectivity index (χ3n) is 6.37. The topological polar surface area (TPSA) is 101 Å². The van der Waals surface area contributed by atoms with Gasteiger partial charge in [-0.2, -0.15) is 0 Å². The van der Waals surface area contributed by atoms with E-state index in [0.29, 0.717) is 6.42 Å². The average molecular weight is 357 g/mol. The van der Waals surface area contributed by atoms with Crippen LogP contribution < -0.4 is 0 Å². The first-order valence-corrected chi connectivity index (χ1v) is 10.1. The first-order valence-electron chi connectivity index (χ1n) is 8.60. The zero-order chi connectivity index (χ0) is 17.5. The van der Waals surface area contributed by atoms with Crippen molar-refractivity contribution in [2.45, 2.75) is 80.7 Å². The van der Waals surface area contributed by atoms with Gasteiger partial charge in [-0.1, -0.05) is 19.3 Å². The lowest BCUT2D eigenvalue weighted by Gasteiger charge is -2.44. The number of fused-ring (bicyclic) bond motifs is 2. The van der Waals surface area contributed by atoms with Crippen molar-refractivity contribution in [3.05, 3.63) is 0 Å². The van der Waals surface area contributed by atoms with Crippen LogP contribution in [0.15, 0.2) is 0 Å². The number of β-lactam (4-membered cyclic amide) rings is 1. The van der Waals surface area contributed by atoms with E-state index in [2.05, 4.69) is 0 Å². The first kappa shape index (κ1) is 16.3. The lowest BCUT2D eigenvalue weighted by molar-refractivity contribution is -0.169. The molecule has 4 rings (SSSR count). The average Bonchev–Trinajstić information content (AvgIpc) is 3.19. The van der Waals surface area contributed by atoms with Crippen molar-refractivity contribution in [1.29, 1.82) is 0 Å². The molecular formula is C16H23NO6S. The lowest BCUT2D eigenvalue weighted by atomic mass is 9.89. The molecule has 1 unspecified atom stereocenters. The molecule has 8 heteroatoms. The van der Waals surface area contributed by atoms with Gasteiger partial charge in [0.1, 0.15) is 11.5 Å². The SMILES string of the molecule is CC1(C)[C@H](C(=O)O)N2C(=O)C3(C[C@@H]3OC3CCCCC3)[C@H]2S1(=O)=O. The maximum absolute atomic E-state index is 12.9. The molecule has 0 radical (unpaired) electrons. The number of nitrogens with zero attached hydrogens (tertiary/aromatic N) is 1. The van der Waals surface area contributed by atoms with E-state index in [0.717, 1.165) is 30.6 Å². The minimum Gasteiger partial charge on any atom is -0.480 e. The minimum absolute atomic E-state index is 0.0948. The summed E-state index contributed by atoms with van der Waals surface area (Å²) in [5, 5.41) is 8.41. The number of carboxylic acid groups (broad SMARTS) is 1. The number of ether oxygens (including phenoxy) is 1. The number of sulfone groups is 1. The summed E-state index contributed by atoms with van der Waals surface area (Å²) >= 11 is 0. The van der Waals surface area contributed by atoms with Gasteiger partial charge in [0.05, 0.1) is 17.0 Å². The fourth-order valence-corrected chi connectivity index (χ4v) is 7.36. The summed E-state index contributed by atoms with van der Waals surface area (Å²) in [5.74, 6) is -1.63. The van der Waals surface area contributed by atoms with Crippen molar-refractivity contribution in [3.8, 4) is 0 Å². The van der Waals surface area contributed by atoms with Crippen LogP contribution in [0.5, 0.6) is 0 Å². The molecule has 1 amide bonds. The van der Waals surface area contributed by atoms with Gasteiger partial charge in [0, 0.05) is 0 Å². The van der Waals surface area contributed by atoms with Crippen LogP contribution in [0.1, 0.15) is 52.4 Å². The molecule has 24 heavy (non-hydrogen) atoms. The Kier molecular flexibility index (Phi) is 3.21. The highest BCUT2D eigenvalue weighted by molar-refractivity contribution is 7.94. The summed E-state index contributed by atoms with van der Waals surface area (Å²) in [6.07, 6.45) is 5.39. The molecular weight excluding hydrogens is 334 g/mol. The van der Waals surface area contributed by atoms with Crippen molar-refractivity contribution in [1.82, 2.24) is 4.90 Å². The van der Waals surface area contributed by atoms with E-state index in [9.17, 15) is 23.1 Å². The van der Waals surface area contributed by atoms with E-state index in [1.165, 1.54) is 20.3 Å². The van der Waals surface area contributed by atoms with E-state index >= 15 is 0 Å². The van der Waals surface area contributed by atoms with E-state index in [-0.39, 0.29) is 18.1 Å². The maximum Gasteiger partial charge on any atom is 0.328 e. The smallest absolute Gasteiger partial charge is 0.328 e. The number of amides is 1. The summed E-state index contributed by atoms with van der Waals surface area (Å²) in [7, 11) is -3.77. The molecule has 2 saturated heterocycles. The van der Waals surface area contributed by atoms with Gasteiger partial charge in [0.25, 0.3) is 0 Å². The summed E-state index contributed by atoms with van der Waals surface area (Å²) in [6.45, 7) is 2.81. The van der Waals surface area contributed by atoms with E-state index in [1.54, 1.807) is 0 Å². The Balaban J connectivity index is 1.61. The Labute approximate surface area is 141 Å². The molecule has 2 saturated carbocycles. The van der Waals surface area contributed by atoms with Crippen molar-refractivity contribution >= 4 is 21.7 Å². The second kappa shape index (κ2) is 4.72. The fraction of sp³-hybridized carbons (Fsp3) is 0.875. The van der Waals surface area contributed by atoms with Crippen LogP contribution in [0.25, 0.3) is 0 Å². The summed E-state index contributed by atoms with van der Waals surface area (Å²) in [6, 6.07) is -1.32. The van der Waals surface area contributed by atoms with Crippen molar-refractivity contribution < 1.29 is 27.9 Å². The molecule has 2 heterocycles. The lowest BCUT2D eigenvalue weighted by Crippen LogP contribution is -2.66. The molecule has 4 fully saturated rings. The maximum atomic E-state index is 12.9. The van der Waals surface area contributed by atoms with Gasteiger partial charge < -0.3 is 14.7 Å². The first-order chi connectivity index (χ1) is 11.2. The van der Waals surface area contributed by atoms with Gasteiger partial charge in [-0.3, -0.25) is 4.79 Å². The van der Waals surface area contributed by atoms with Gasteiger partial charge in [-0.05, 0) is 33.1 Å². The van der Waals surface area contributed by atoms with Crippen LogP contribution in [0, 0.1) is 5.41 Å². The summed E-state index contributed by atoms with van der Waals surface area (Å²) in [4.78, 5) is 25.3. The highest BCUT2D eigenvalue weighted by Crippen LogP contribution is 2.67. The number of hydrogen-bond donors (Lipinski definition) is 1. The highest BCUT2D eigenvalue weighted by atomic mass is 32.2. The molecule has 4 aliphatic rings. The van der Waals surface area contributed by atoms with Crippen molar-refractivity contribution in [2.75, 3.05) is 0 Å². The van der Waals surface area contributed by atoms with Crippen molar-refractivity contribution in [2.24, 2.45) is 5.41 Å². The summed E-state index contributed by atoms with van der Waals surface area (Å²) in [5.41, 5.74) is -1.03. The molecule has 7 nitrogen and oxygen atoms in total. The Bertz CT molecular complexity index is 710. The Morgan fingerprint density at radius 3 is 2.46 bits per heavy atom. The van der Waals surface area contributed by atoms with E-state index in [1.807, 2.05) is 0 Å². The molecule has 0 aromatic heterocycles. The minimum atomic E-state index is -3.77. The van der Waals surface area contributed by atoms with Crippen LogP contribution in [-0.4, -0.2) is 58.7 Å². The van der Waals surface area contributed by atoms with Crippen LogP contribution >= 0.6 is 0 Å².